The van der Waals surface area contributed by atoms with Crippen LogP contribution in [0.5, 0.6) is 0 Å². The average molecular weight is 329 g/mol. The molecule has 5 aromatic rings. The summed E-state index contributed by atoms with van der Waals surface area (Å²) in [6.07, 6.45) is 0. The predicted octanol–water partition coefficient (Wildman–Crippen LogP) is 6.82. The lowest BCUT2D eigenvalue weighted by Gasteiger charge is -2.05. The molecule has 0 unspecified atom stereocenters. The number of aromatic nitrogens is 1. The smallest absolute Gasteiger partial charge is 0.0503 e. The first-order valence-corrected chi connectivity index (χ1v) is 9.28. The van der Waals surface area contributed by atoms with Crippen molar-refractivity contribution in [1.29, 1.82) is 0 Å². The van der Waals surface area contributed by atoms with Crippen LogP contribution >= 0.6 is 11.3 Å². The summed E-state index contributed by atoms with van der Waals surface area (Å²) in [4.78, 5) is 0. The molecule has 0 spiro atoms. The van der Waals surface area contributed by atoms with E-state index in [2.05, 4.69) is 80.1 Å². The summed E-state index contributed by atoms with van der Waals surface area (Å²) in [7, 11) is 2.18. The van der Waals surface area contributed by atoms with E-state index in [9.17, 15) is 0 Å². The van der Waals surface area contributed by atoms with Crippen LogP contribution in [-0.4, -0.2) is 4.57 Å². The lowest BCUT2D eigenvalue weighted by atomic mass is 10.0. The lowest BCUT2D eigenvalue weighted by Crippen LogP contribution is -1.88. The first kappa shape index (κ1) is 14.1. The van der Waals surface area contributed by atoms with Crippen molar-refractivity contribution in [2.24, 2.45) is 7.05 Å². The number of thiophene rings is 1. The highest BCUT2D eigenvalue weighted by atomic mass is 32.1. The molecule has 2 aromatic heterocycles. The topological polar surface area (TPSA) is 4.93 Å². The highest BCUT2D eigenvalue weighted by molar-refractivity contribution is 7.25. The molecule has 0 aliphatic heterocycles. The quantitative estimate of drug-likeness (QED) is 0.318. The summed E-state index contributed by atoms with van der Waals surface area (Å²) < 4.78 is 5.08. The van der Waals surface area contributed by atoms with Gasteiger partial charge in [0.25, 0.3) is 0 Å². The van der Waals surface area contributed by atoms with Crippen LogP contribution in [0.2, 0.25) is 0 Å². The van der Waals surface area contributed by atoms with Gasteiger partial charge >= 0.3 is 0 Å². The minimum atomic E-state index is 0.551. The van der Waals surface area contributed by atoms with E-state index in [1.165, 1.54) is 47.5 Å². The van der Waals surface area contributed by atoms with Crippen LogP contribution in [0, 0.1) is 0 Å². The van der Waals surface area contributed by atoms with Crippen molar-refractivity contribution in [3.05, 3.63) is 60.2 Å². The molecule has 0 aliphatic carbocycles. The SMILES string of the molecule is CC(C)c1ccc2c(c1)c1cc3c(cc1n2C)sc1ccccc13. The molecule has 1 nitrogen and oxygen atoms in total. The van der Waals surface area contributed by atoms with Crippen molar-refractivity contribution in [3.8, 4) is 0 Å². The minimum absolute atomic E-state index is 0.551. The number of fused-ring (bicyclic) bond motifs is 6. The number of hydrogen-bond donors (Lipinski definition) is 0. The lowest BCUT2D eigenvalue weighted by molar-refractivity contribution is 0.868. The van der Waals surface area contributed by atoms with Gasteiger partial charge in [0.15, 0.2) is 0 Å². The van der Waals surface area contributed by atoms with E-state index in [-0.39, 0.29) is 0 Å². The second kappa shape index (κ2) is 4.84. The second-order valence-electron chi connectivity index (χ2n) is 6.95. The first-order valence-electron chi connectivity index (χ1n) is 8.47. The minimum Gasteiger partial charge on any atom is -0.344 e. The highest BCUT2D eigenvalue weighted by Gasteiger charge is 2.13. The normalized spacial score (nSPS) is 12.3. The zero-order valence-corrected chi connectivity index (χ0v) is 14.9. The van der Waals surface area contributed by atoms with Crippen molar-refractivity contribution in [1.82, 2.24) is 4.57 Å². The summed E-state index contributed by atoms with van der Waals surface area (Å²) >= 11 is 1.89. The Bertz CT molecular complexity index is 1240. The number of benzene rings is 3. The van der Waals surface area contributed by atoms with Gasteiger partial charge in [-0.3, -0.25) is 0 Å². The van der Waals surface area contributed by atoms with Gasteiger partial charge in [0, 0.05) is 43.5 Å². The van der Waals surface area contributed by atoms with E-state index in [1.54, 1.807) is 0 Å². The Morgan fingerprint density at radius 1 is 0.750 bits per heavy atom. The molecule has 2 heterocycles. The van der Waals surface area contributed by atoms with E-state index in [0.29, 0.717) is 5.92 Å². The molecule has 0 saturated heterocycles. The molecular formula is C22H19NS. The molecule has 0 amide bonds. The molecule has 0 atom stereocenters. The molecule has 118 valence electrons. The van der Waals surface area contributed by atoms with Crippen LogP contribution in [0.4, 0.5) is 0 Å². The average Bonchev–Trinajstić information content (AvgIpc) is 3.09. The molecule has 2 heteroatoms. The highest BCUT2D eigenvalue weighted by Crippen LogP contribution is 2.39. The van der Waals surface area contributed by atoms with Gasteiger partial charge in [0.1, 0.15) is 0 Å². The van der Waals surface area contributed by atoms with Gasteiger partial charge in [-0.2, -0.15) is 0 Å². The third-order valence-electron chi connectivity index (χ3n) is 5.20. The Kier molecular flexibility index (Phi) is 2.84. The Hall–Kier alpha value is -2.32. The maximum absolute atomic E-state index is 2.40. The zero-order chi connectivity index (χ0) is 16.4. The van der Waals surface area contributed by atoms with Gasteiger partial charge in [-0.05, 0) is 41.8 Å². The monoisotopic (exact) mass is 329 g/mol. The summed E-state index contributed by atoms with van der Waals surface area (Å²) in [5.74, 6) is 0.551. The molecule has 0 fully saturated rings. The maximum atomic E-state index is 2.40. The first-order chi connectivity index (χ1) is 11.6. The number of rotatable bonds is 1. The van der Waals surface area contributed by atoms with Crippen LogP contribution in [0.1, 0.15) is 25.3 Å². The Balaban J connectivity index is 1.97. The molecule has 5 rings (SSSR count). The number of hydrogen-bond acceptors (Lipinski definition) is 1. The van der Waals surface area contributed by atoms with E-state index in [0.717, 1.165) is 0 Å². The largest absolute Gasteiger partial charge is 0.344 e. The maximum Gasteiger partial charge on any atom is 0.0503 e. The van der Waals surface area contributed by atoms with Crippen LogP contribution < -0.4 is 0 Å². The summed E-state index contributed by atoms with van der Waals surface area (Å²) in [5.41, 5.74) is 4.05. The molecule has 24 heavy (non-hydrogen) atoms. The third kappa shape index (κ3) is 1.81. The molecule has 0 aliphatic rings. The molecule has 0 saturated carbocycles. The Labute approximate surface area is 145 Å². The summed E-state index contributed by atoms with van der Waals surface area (Å²) in [6, 6.07) is 20.4. The summed E-state index contributed by atoms with van der Waals surface area (Å²) in [6.45, 7) is 4.52. The van der Waals surface area contributed by atoms with Gasteiger partial charge < -0.3 is 4.57 Å². The molecular weight excluding hydrogens is 310 g/mol. The Morgan fingerprint density at radius 2 is 1.54 bits per heavy atom. The van der Waals surface area contributed by atoms with E-state index in [1.807, 2.05) is 11.3 Å². The van der Waals surface area contributed by atoms with Crippen molar-refractivity contribution in [2.75, 3.05) is 0 Å². The fourth-order valence-corrected chi connectivity index (χ4v) is 4.93. The summed E-state index contributed by atoms with van der Waals surface area (Å²) in [5, 5.41) is 5.49. The van der Waals surface area contributed by atoms with Crippen LogP contribution in [0.15, 0.2) is 54.6 Å². The fraction of sp³-hybridized carbons (Fsp3) is 0.182. The van der Waals surface area contributed by atoms with E-state index < -0.39 is 0 Å². The van der Waals surface area contributed by atoms with E-state index >= 15 is 0 Å². The van der Waals surface area contributed by atoms with Crippen molar-refractivity contribution >= 4 is 53.3 Å². The fourth-order valence-electron chi connectivity index (χ4n) is 3.80. The molecule has 0 bridgehead atoms. The van der Waals surface area contributed by atoms with Crippen molar-refractivity contribution < 1.29 is 0 Å². The molecule has 3 aromatic carbocycles. The van der Waals surface area contributed by atoms with Gasteiger partial charge in [-0.1, -0.05) is 38.1 Å². The van der Waals surface area contributed by atoms with Gasteiger partial charge in [-0.25, -0.2) is 0 Å². The zero-order valence-electron chi connectivity index (χ0n) is 14.1. The van der Waals surface area contributed by atoms with Gasteiger partial charge in [-0.15, -0.1) is 11.3 Å². The molecule has 0 N–H and O–H groups in total. The van der Waals surface area contributed by atoms with Gasteiger partial charge in [0.2, 0.25) is 0 Å². The van der Waals surface area contributed by atoms with Crippen LogP contribution in [0.25, 0.3) is 42.0 Å². The predicted molar refractivity (Wildman–Crippen MR) is 107 cm³/mol. The van der Waals surface area contributed by atoms with Crippen molar-refractivity contribution in [2.45, 2.75) is 19.8 Å². The number of aryl methyl sites for hydroxylation is 1. The standard InChI is InChI=1S/C22H19NS/c1-13(2)14-8-9-19-16(10-14)17-11-18-15-6-4-5-7-21(15)24-22(18)12-20(17)23(19)3/h4-13H,1-3H3. The third-order valence-corrected chi connectivity index (χ3v) is 6.33. The van der Waals surface area contributed by atoms with Gasteiger partial charge in [0.05, 0.1) is 5.52 Å². The molecule has 0 radical (unpaired) electrons. The second-order valence-corrected chi connectivity index (χ2v) is 8.04. The van der Waals surface area contributed by atoms with Crippen molar-refractivity contribution in [3.63, 3.8) is 0 Å². The number of nitrogens with zero attached hydrogens (tertiary/aromatic N) is 1. The Morgan fingerprint density at radius 3 is 2.38 bits per heavy atom. The van der Waals surface area contributed by atoms with Crippen LogP contribution in [0.3, 0.4) is 0 Å². The van der Waals surface area contributed by atoms with E-state index in [4.69, 9.17) is 0 Å². The van der Waals surface area contributed by atoms with Crippen LogP contribution in [-0.2, 0) is 7.05 Å².